The van der Waals surface area contributed by atoms with Gasteiger partial charge in [-0.2, -0.15) is 0 Å². The summed E-state index contributed by atoms with van der Waals surface area (Å²) in [5, 5.41) is 22.0. The van der Waals surface area contributed by atoms with Gasteiger partial charge in [0.2, 0.25) is 5.91 Å². The van der Waals surface area contributed by atoms with Crippen LogP contribution in [0.15, 0.2) is 78.9 Å². The molecule has 0 saturated carbocycles. The van der Waals surface area contributed by atoms with Crippen molar-refractivity contribution in [2.45, 2.75) is 43.6 Å². The monoisotopic (exact) mass is 558 g/mol. The Bertz CT molecular complexity index is 1400. The third kappa shape index (κ3) is 6.22. The number of nitrogens with zero attached hydrogens (tertiary/aromatic N) is 1. The fourth-order valence-corrected chi connectivity index (χ4v) is 5.44. The molecule has 1 saturated heterocycles. The van der Waals surface area contributed by atoms with Gasteiger partial charge in [-0.25, -0.2) is 9.59 Å². The molecule has 0 spiro atoms. The number of rotatable bonds is 9. The quantitative estimate of drug-likeness (QED) is 0.340. The number of alkyl carbamates (subject to hydrolysis) is 1. The normalized spacial score (nSPS) is 18.2. The highest BCUT2D eigenvalue weighted by Gasteiger charge is 2.42. The number of hydrogen-bond acceptors (Lipinski definition) is 7. The predicted octanol–water partition coefficient (Wildman–Crippen LogP) is 3.07. The Morgan fingerprint density at radius 3 is 2.12 bits per heavy atom. The molecule has 0 unspecified atom stereocenters. The number of β-amino-alcohol motifs (C(OH)–C–C–N with tert-alkyl or cyclic N) is 1. The standard InChI is InChI=1S/C31H30N2O8/c34-20-14-27(30(37)38)33(16-20)29(36)26(15-28(35)40-17-19-8-2-1-3-9-19)32-31(39)41-18-25-23-12-6-4-10-21(23)22-11-5-7-13-24(22)25/h1-13,20,25-27,34H,14-18H2,(H,32,39)(H,37,38)/t20-,26+,27+/m1/s1. The van der Waals surface area contributed by atoms with E-state index in [0.29, 0.717) is 0 Å². The van der Waals surface area contributed by atoms with Crippen LogP contribution in [0.5, 0.6) is 0 Å². The van der Waals surface area contributed by atoms with Gasteiger partial charge in [-0.3, -0.25) is 9.59 Å². The molecular formula is C31H30N2O8. The van der Waals surface area contributed by atoms with E-state index in [1.54, 1.807) is 24.3 Å². The second-order valence-corrected chi connectivity index (χ2v) is 10.1. The number of carboxylic acid groups (broad SMARTS) is 1. The summed E-state index contributed by atoms with van der Waals surface area (Å²) in [5.41, 5.74) is 4.86. The number of carboxylic acids is 1. The maximum atomic E-state index is 13.4. The number of hydrogen-bond donors (Lipinski definition) is 3. The Kier molecular flexibility index (Phi) is 8.30. The topological polar surface area (TPSA) is 142 Å². The fourth-order valence-electron chi connectivity index (χ4n) is 5.44. The Morgan fingerprint density at radius 1 is 0.878 bits per heavy atom. The highest BCUT2D eigenvalue weighted by atomic mass is 16.5. The van der Waals surface area contributed by atoms with Gasteiger partial charge in [0, 0.05) is 18.9 Å². The van der Waals surface area contributed by atoms with Crippen molar-refractivity contribution in [2.75, 3.05) is 13.2 Å². The number of carbonyl (C=O) groups excluding carboxylic acids is 3. The average Bonchev–Trinajstić information content (AvgIpc) is 3.53. The van der Waals surface area contributed by atoms with Crippen LogP contribution in [0, 0.1) is 0 Å². The van der Waals surface area contributed by atoms with Gasteiger partial charge in [0.1, 0.15) is 25.3 Å². The summed E-state index contributed by atoms with van der Waals surface area (Å²) in [7, 11) is 0. The molecule has 1 fully saturated rings. The summed E-state index contributed by atoms with van der Waals surface area (Å²) < 4.78 is 10.9. The van der Waals surface area contributed by atoms with Gasteiger partial charge in [-0.1, -0.05) is 78.9 Å². The molecule has 2 aliphatic rings. The summed E-state index contributed by atoms with van der Waals surface area (Å²) in [5.74, 6) is -3.10. The minimum Gasteiger partial charge on any atom is -0.480 e. The van der Waals surface area contributed by atoms with Crippen molar-refractivity contribution in [1.29, 1.82) is 0 Å². The minimum atomic E-state index is -1.46. The first-order chi connectivity index (χ1) is 19.8. The van der Waals surface area contributed by atoms with Crippen molar-refractivity contribution in [3.05, 3.63) is 95.6 Å². The van der Waals surface area contributed by atoms with Crippen LogP contribution >= 0.6 is 0 Å². The lowest BCUT2D eigenvalue weighted by atomic mass is 9.98. The molecule has 3 N–H and O–H groups in total. The van der Waals surface area contributed by atoms with Gasteiger partial charge in [0.25, 0.3) is 0 Å². The SMILES string of the molecule is O=C(C[C@H](NC(=O)OCC1c2ccccc2-c2ccccc21)C(=O)N1C[C@H](O)C[C@H]1C(=O)O)OCc1ccccc1. The molecule has 0 bridgehead atoms. The maximum Gasteiger partial charge on any atom is 0.407 e. The first-order valence-corrected chi connectivity index (χ1v) is 13.3. The van der Waals surface area contributed by atoms with Gasteiger partial charge in [0.05, 0.1) is 12.5 Å². The van der Waals surface area contributed by atoms with E-state index >= 15 is 0 Å². The second-order valence-electron chi connectivity index (χ2n) is 10.1. The van der Waals surface area contributed by atoms with E-state index in [0.717, 1.165) is 32.7 Å². The number of likely N-dealkylation sites (tertiary alicyclic amines) is 1. The van der Waals surface area contributed by atoms with E-state index in [1.807, 2.05) is 54.6 Å². The second kappa shape index (κ2) is 12.2. The van der Waals surface area contributed by atoms with Gasteiger partial charge in [0.15, 0.2) is 0 Å². The number of benzene rings is 3. The summed E-state index contributed by atoms with van der Waals surface area (Å²) in [6.07, 6.45) is -2.68. The lowest BCUT2D eigenvalue weighted by Gasteiger charge is -2.26. The largest absolute Gasteiger partial charge is 0.480 e. The third-order valence-corrected chi connectivity index (χ3v) is 7.39. The van der Waals surface area contributed by atoms with Gasteiger partial charge < -0.3 is 29.9 Å². The molecule has 0 radical (unpaired) electrons. The Morgan fingerprint density at radius 2 is 1.49 bits per heavy atom. The number of fused-ring (bicyclic) bond motifs is 3. The number of esters is 1. The molecular weight excluding hydrogens is 528 g/mol. The molecule has 3 atom stereocenters. The van der Waals surface area contributed by atoms with E-state index in [9.17, 15) is 29.4 Å². The molecule has 1 aliphatic heterocycles. The van der Waals surface area contributed by atoms with Crippen LogP contribution in [0.25, 0.3) is 11.1 Å². The zero-order chi connectivity index (χ0) is 28.9. The third-order valence-electron chi connectivity index (χ3n) is 7.39. The van der Waals surface area contributed by atoms with Crippen LogP contribution < -0.4 is 5.32 Å². The molecule has 10 nitrogen and oxygen atoms in total. The van der Waals surface area contributed by atoms with Crippen molar-refractivity contribution in [1.82, 2.24) is 10.2 Å². The molecule has 3 aromatic rings. The van der Waals surface area contributed by atoms with E-state index in [-0.39, 0.29) is 32.1 Å². The Balaban J connectivity index is 1.28. The minimum absolute atomic E-state index is 0.0145. The molecule has 2 amide bonds. The van der Waals surface area contributed by atoms with E-state index in [2.05, 4.69) is 5.32 Å². The van der Waals surface area contributed by atoms with E-state index in [1.165, 1.54) is 0 Å². The maximum absolute atomic E-state index is 13.4. The highest BCUT2D eigenvalue weighted by molar-refractivity contribution is 5.92. The smallest absolute Gasteiger partial charge is 0.407 e. The van der Waals surface area contributed by atoms with E-state index in [4.69, 9.17) is 9.47 Å². The van der Waals surface area contributed by atoms with Crippen molar-refractivity contribution in [3.63, 3.8) is 0 Å². The average molecular weight is 559 g/mol. The molecule has 10 heteroatoms. The van der Waals surface area contributed by atoms with Crippen molar-refractivity contribution in [2.24, 2.45) is 0 Å². The molecule has 3 aromatic carbocycles. The lowest BCUT2D eigenvalue weighted by molar-refractivity contribution is -0.151. The molecule has 41 heavy (non-hydrogen) atoms. The Hall–Kier alpha value is -4.70. The summed E-state index contributed by atoms with van der Waals surface area (Å²) in [6.45, 7) is -0.289. The van der Waals surface area contributed by atoms with Crippen LogP contribution in [-0.4, -0.2) is 70.4 Å². The number of amides is 2. The lowest BCUT2D eigenvalue weighted by Crippen LogP contribution is -2.52. The van der Waals surface area contributed by atoms with Crippen molar-refractivity contribution in [3.8, 4) is 11.1 Å². The summed E-state index contributed by atoms with van der Waals surface area (Å²) in [4.78, 5) is 51.8. The van der Waals surface area contributed by atoms with Crippen LogP contribution in [0.1, 0.15) is 35.4 Å². The van der Waals surface area contributed by atoms with E-state index < -0.39 is 48.5 Å². The molecule has 5 rings (SSSR count). The predicted molar refractivity (Wildman–Crippen MR) is 147 cm³/mol. The van der Waals surface area contributed by atoms with Crippen LogP contribution in [-0.2, 0) is 30.5 Å². The number of carbonyl (C=O) groups is 4. The summed E-state index contributed by atoms with van der Waals surface area (Å²) in [6, 6.07) is 21.9. The number of aliphatic hydroxyl groups excluding tert-OH is 1. The number of nitrogens with one attached hydrogen (secondary N) is 1. The van der Waals surface area contributed by atoms with Gasteiger partial charge in [-0.15, -0.1) is 0 Å². The zero-order valence-electron chi connectivity index (χ0n) is 22.1. The van der Waals surface area contributed by atoms with Crippen LogP contribution in [0.2, 0.25) is 0 Å². The van der Waals surface area contributed by atoms with Crippen molar-refractivity contribution < 1.29 is 38.9 Å². The fraction of sp³-hybridized carbons (Fsp3) is 0.290. The first kappa shape index (κ1) is 27.9. The zero-order valence-corrected chi connectivity index (χ0v) is 22.1. The highest BCUT2D eigenvalue weighted by Crippen LogP contribution is 2.44. The molecule has 1 heterocycles. The van der Waals surface area contributed by atoms with Crippen LogP contribution in [0.3, 0.4) is 0 Å². The van der Waals surface area contributed by atoms with Crippen molar-refractivity contribution >= 4 is 23.9 Å². The first-order valence-electron chi connectivity index (χ1n) is 13.3. The van der Waals surface area contributed by atoms with Crippen LogP contribution in [0.4, 0.5) is 4.79 Å². The summed E-state index contributed by atoms with van der Waals surface area (Å²) >= 11 is 0. The number of ether oxygens (including phenoxy) is 2. The Labute approximate surface area is 236 Å². The molecule has 0 aromatic heterocycles. The number of aliphatic hydroxyl groups is 1. The number of aliphatic carboxylic acids is 1. The molecule has 1 aliphatic carbocycles. The van der Waals surface area contributed by atoms with Gasteiger partial charge in [-0.05, 0) is 27.8 Å². The molecule has 212 valence electrons. The van der Waals surface area contributed by atoms with Gasteiger partial charge >= 0.3 is 18.0 Å².